The van der Waals surface area contributed by atoms with E-state index in [0.29, 0.717) is 23.5 Å². The number of nitrogens with zero attached hydrogens (tertiary/aromatic N) is 1. The summed E-state index contributed by atoms with van der Waals surface area (Å²) in [5, 5.41) is 0.170. The summed E-state index contributed by atoms with van der Waals surface area (Å²) in [5.41, 5.74) is 0.697. The first kappa shape index (κ1) is 18.6. The first-order chi connectivity index (χ1) is 10.9. The van der Waals surface area contributed by atoms with Gasteiger partial charge in [0.15, 0.2) is 5.03 Å². The zero-order valence-corrected chi connectivity index (χ0v) is 15.7. The molecule has 1 aliphatic heterocycles. The van der Waals surface area contributed by atoms with Gasteiger partial charge in [0.05, 0.1) is 6.10 Å². The Bertz CT molecular complexity index is 459. The molecule has 0 radical (unpaired) electrons. The van der Waals surface area contributed by atoms with Crippen LogP contribution >= 0.6 is 11.6 Å². The number of likely N-dealkylation sites (N-methyl/N-ethyl adjacent to an activating group) is 1. The highest BCUT2D eigenvalue weighted by Gasteiger charge is 2.41. The van der Waals surface area contributed by atoms with Gasteiger partial charge in [-0.15, -0.1) is 0 Å². The van der Waals surface area contributed by atoms with Gasteiger partial charge < -0.3 is 14.4 Å². The van der Waals surface area contributed by atoms with Crippen LogP contribution in [0.4, 0.5) is 0 Å². The second kappa shape index (κ2) is 7.89. The predicted molar refractivity (Wildman–Crippen MR) is 91.9 cm³/mol. The van der Waals surface area contributed by atoms with Gasteiger partial charge in [-0.2, -0.15) is 0 Å². The van der Waals surface area contributed by atoms with E-state index in [-0.39, 0.29) is 11.1 Å². The minimum absolute atomic E-state index is 0.115. The van der Waals surface area contributed by atoms with E-state index in [1.54, 1.807) is 0 Å². The van der Waals surface area contributed by atoms with E-state index in [2.05, 4.69) is 25.7 Å². The van der Waals surface area contributed by atoms with Gasteiger partial charge in [0.2, 0.25) is 6.29 Å². The highest BCUT2D eigenvalue weighted by atomic mass is 35.5. The van der Waals surface area contributed by atoms with Gasteiger partial charge in [-0.3, -0.25) is 0 Å². The summed E-state index contributed by atoms with van der Waals surface area (Å²) in [6.45, 7) is 12.4. The summed E-state index contributed by atoms with van der Waals surface area (Å²) >= 11 is 6.20. The molecule has 1 aliphatic carbocycles. The normalized spacial score (nSPS) is 31.7. The Labute approximate surface area is 145 Å². The molecule has 1 fully saturated rings. The molecule has 0 N–H and O–H groups in total. The topological polar surface area (TPSA) is 38.8 Å². The van der Waals surface area contributed by atoms with Crippen molar-refractivity contribution in [3.05, 3.63) is 10.7 Å². The minimum atomic E-state index is -0.661. The van der Waals surface area contributed by atoms with Crippen molar-refractivity contribution >= 4 is 17.6 Å². The molecule has 1 heterocycles. The lowest BCUT2D eigenvalue weighted by Gasteiger charge is -2.39. The molecule has 0 aromatic carbocycles. The summed E-state index contributed by atoms with van der Waals surface area (Å²) in [6, 6.07) is 0. The van der Waals surface area contributed by atoms with Crippen molar-refractivity contribution in [2.75, 3.05) is 13.1 Å². The van der Waals surface area contributed by atoms with E-state index in [1.165, 1.54) is 12.8 Å². The van der Waals surface area contributed by atoms with Crippen LogP contribution in [0.5, 0.6) is 0 Å². The molecule has 0 bridgehead atoms. The Balaban J connectivity index is 2.18. The first-order valence-corrected chi connectivity index (χ1v) is 9.27. The van der Waals surface area contributed by atoms with Crippen LogP contribution in [0.1, 0.15) is 53.9 Å². The molecule has 5 heteroatoms. The van der Waals surface area contributed by atoms with Crippen molar-refractivity contribution in [2.24, 2.45) is 17.8 Å². The minimum Gasteiger partial charge on any atom is -0.425 e. The van der Waals surface area contributed by atoms with Crippen molar-refractivity contribution in [1.29, 1.82) is 0 Å². The number of carbonyl (C=O) groups excluding carboxylic acids is 1. The summed E-state index contributed by atoms with van der Waals surface area (Å²) < 4.78 is 11.7. The lowest BCUT2D eigenvalue weighted by atomic mass is 9.75. The summed E-state index contributed by atoms with van der Waals surface area (Å²) in [5.74, 6) is 1.23. The number of ether oxygens (including phenoxy) is 2. The van der Waals surface area contributed by atoms with E-state index < -0.39 is 12.3 Å². The molecule has 1 saturated carbocycles. The molecule has 0 aromatic rings. The lowest BCUT2D eigenvalue weighted by Crippen LogP contribution is -2.40. The number of hydrogen-bond donors (Lipinski definition) is 0. The van der Waals surface area contributed by atoms with Crippen molar-refractivity contribution in [3.8, 4) is 0 Å². The zero-order valence-electron chi connectivity index (χ0n) is 15.0. The molecule has 2 rings (SSSR count). The SMILES string of the molecule is CCN(CC)C1=C(Cl)C(=O)OC1O[C@@H]1C[C@H](C)CC[C@H]1C(C)C. The van der Waals surface area contributed by atoms with Gasteiger partial charge in [0, 0.05) is 13.1 Å². The Morgan fingerprint density at radius 3 is 2.52 bits per heavy atom. The van der Waals surface area contributed by atoms with Crippen LogP contribution in [0.25, 0.3) is 0 Å². The molecule has 132 valence electrons. The Morgan fingerprint density at radius 1 is 1.30 bits per heavy atom. The van der Waals surface area contributed by atoms with Crippen LogP contribution in [0.2, 0.25) is 0 Å². The number of esters is 1. The summed E-state index contributed by atoms with van der Waals surface area (Å²) in [4.78, 5) is 14.0. The quantitative estimate of drug-likeness (QED) is 0.679. The standard InChI is InChI=1S/C18H30ClNO3/c1-6-20(7-2)16-15(19)17(21)23-18(16)22-14-10-12(5)8-9-13(14)11(3)4/h11-14,18H,6-10H2,1-5H3/t12-,13+,14-,18?/m1/s1. The zero-order chi connectivity index (χ0) is 17.1. The fourth-order valence-electron chi connectivity index (χ4n) is 3.79. The van der Waals surface area contributed by atoms with Crippen molar-refractivity contribution in [1.82, 2.24) is 4.90 Å². The van der Waals surface area contributed by atoms with Crippen LogP contribution in [0, 0.1) is 17.8 Å². The van der Waals surface area contributed by atoms with Gasteiger partial charge in [0.1, 0.15) is 5.70 Å². The average Bonchev–Trinajstić information content (AvgIpc) is 2.76. The maximum absolute atomic E-state index is 11.9. The van der Waals surface area contributed by atoms with Crippen LogP contribution < -0.4 is 0 Å². The Morgan fingerprint density at radius 2 is 1.96 bits per heavy atom. The molecule has 23 heavy (non-hydrogen) atoms. The van der Waals surface area contributed by atoms with Gasteiger partial charge in [0.25, 0.3) is 0 Å². The Hall–Kier alpha value is -0.740. The second-order valence-electron chi connectivity index (χ2n) is 7.11. The highest BCUT2D eigenvalue weighted by Crippen LogP contribution is 2.38. The number of halogens is 1. The van der Waals surface area contributed by atoms with E-state index in [4.69, 9.17) is 21.1 Å². The fourth-order valence-corrected chi connectivity index (χ4v) is 4.04. The Kier molecular flexibility index (Phi) is 6.38. The third-order valence-corrected chi connectivity index (χ3v) is 5.55. The highest BCUT2D eigenvalue weighted by molar-refractivity contribution is 6.42. The molecular formula is C18H30ClNO3. The smallest absolute Gasteiger partial charge is 0.354 e. The first-order valence-electron chi connectivity index (χ1n) is 8.89. The maximum atomic E-state index is 11.9. The van der Waals surface area contributed by atoms with Gasteiger partial charge in [-0.05, 0) is 44.4 Å². The van der Waals surface area contributed by atoms with E-state index in [9.17, 15) is 4.79 Å². The van der Waals surface area contributed by atoms with Gasteiger partial charge in [-0.1, -0.05) is 38.8 Å². The third kappa shape index (κ3) is 4.03. The molecule has 4 nitrogen and oxygen atoms in total. The molecule has 0 saturated heterocycles. The van der Waals surface area contributed by atoms with Crippen molar-refractivity contribution in [2.45, 2.75) is 66.3 Å². The van der Waals surface area contributed by atoms with E-state index in [0.717, 1.165) is 19.5 Å². The van der Waals surface area contributed by atoms with Crippen molar-refractivity contribution in [3.63, 3.8) is 0 Å². The average molecular weight is 344 g/mol. The monoisotopic (exact) mass is 343 g/mol. The summed E-state index contributed by atoms with van der Waals surface area (Å²) in [7, 11) is 0. The maximum Gasteiger partial charge on any atom is 0.354 e. The lowest BCUT2D eigenvalue weighted by molar-refractivity contribution is -0.184. The van der Waals surface area contributed by atoms with Gasteiger partial charge >= 0.3 is 5.97 Å². The van der Waals surface area contributed by atoms with E-state index in [1.807, 2.05) is 13.8 Å². The predicted octanol–water partition coefficient (Wildman–Crippen LogP) is 4.14. The molecule has 0 amide bonds. The number of cyclic esters (lactones) is 1. The van der Waals surface area contributed by atoms with E-state index >= 15 is 0 Å². The molecule has 1 unspecified atom stereocenters. The van der Waals surface area contributed by atoms with Crippen LogP contribution in [-0.2, 0) is 14.3 Å². The third-order valence-electron chi connectivity index (χ3n) is 5.21. The number of carbonyl (C=O) groups is 1. The molecular weight excluding hydrogens is 314 g/mol. The molecule has 2 aliphatic rings. The number of rotatable bonds is 6. The molecule has 0 spiro atoms. The summed E-state index contributed by atoms with van der Waals surface area (Å²) in [6.07, 6.45) is 2.88. The molecule has 0 aromatic heterocycles. The fraction of sp³-hybridized carbons (Fsp3) is 0.833. The van der Waals surface area contributed by atoms with Crippen molar-refractivity contribution < 1.29 is 14.3 Å². The van der Waals surface area contributed by atoms with Gasteiger partial charge in [-0.25, -0.2) is 4.79 Å². The molecule has 4 atom stereocenters. The van der Waals surface area contributed by atoms with Crippen LogP contribution in [0.3, 0.4) is 0 Å². The largest absolute Gasteiger partial charge is 0.425 e. The van der Waals surface area contributed by atoms with Crippen LogP contribution in [-0.4, -0.2) is 36.4 Å². The van der Waals surface area contributed by atoms with Crippen LogP contribution in [0.15, 0.2) is 10.7 Å². The number of hydrogen-bond acceptors (Lipinski definition) is 4. The second-order valence-corrected chi connectivity index (χ2v) is 7.49.